The minimum atomic E-state index is -0.320. The lowest BCUT2D eigenvalue weighted by Crippen LogP contribution is -2.42. The molecule has 0 radical (unpaired) electrons. The summed E-state index contributed by atoms with van der Waals surface area (Å²) in [7, 11) is 0. The zero-order chi connectivity index (χ0) is 21.2. The average molecular weight is 413 g/mol. The first-order valence-electron chi connectivity index (χ1n) is 9.83. The van der Waals surface area contributed by atoms with Gasteiger partial charge >= 0.3 is 5.97 Å². The third-order valence-electron chi connectivity index (χ3n) is 4.91. The molecule has 0 saturated carbocycles. The Morgan fingerprint density at radius 3 is 2.69 bits per heavy atom. The van der Waals surface area contributed by atoms with Crippen molar-refractivity contribution in [2.24, 2.45) is 0 Å². The molecule has 2 N–H and O–H groups in total. The lowest BCUT2D eigenvalue weighted by Gasteiger charge is -2.38. The van der Waals surface area contributed by atoms with Crippen LogP contribution >= 0.6 is 12.2 Å². The van der Waals surface area contributed by atoms with Crippen LogP contribution in [0.3, 0.4) is 0 Å². The lowest BCUT2D eigenvalue weighted by molar-refractivity contribution is 0.0526. The first kappa shape index (κ1) is 21.1. The molecule has 1 aliphatic rings. The summed E-state index contributed by atoms with van der Waals surface area (Å²) in [4.78, 5) is 11.9. The minimum Gasteiger partial charge on any atom is -0.487 e. The highest BCUT2D eigenvalue weighted by molar-refractivity contribution is 7.80. The number of benzene rings is 2. The van der Waals surface area contributed by atoms with Gasteiger partial charge in [0.2, 0.25) is 0 Å². The van der Waals surface area contributed by atoms with Gasteiger partial charge in [-0.15, -0.1) is 0 Å². The Morgan fingerprint density at radius 1 is 1.24 bits per heavy atom. The summed E-state index contributed by atoms with van der Waals surface area (Å²) >= 11 is 5.58. The molecule has 0 saturated heterocycles. The van der Waals surface area contributed by atoms with Crippen LogP contribution in [0.2, 0.25) is 0 Å². The third kappa shape index (κ3) is 5.07. The molecule has 0 aromatic heterocycles. The number of rotatable bonds is 4. The van der Waals surface area contributed by atoms with Crippen LogP contribution in [-0.2, 0) is 4.74 Å². The zero-order valence-electron chi connectivity index (χ0n) is 17.6. The largest absolute Gasteiger partial charge is 0.487 e. The smallest absolute Gasteiger partial charge is 0.338 e. The topological polar surface area (TPSA) is 59.6 Å². The van der Waals surface area contributed by atoms with Gasteiger partial charge in [-0.2, -0.15) is 0 Å². The Kier molecular flexibility index (Phi) is 6.13. The van der Waals surface area contributed by atoms with Crippen molar-refractivity contribution in [3.8, 4) is 5.75 Å². The number of anilines is 1. The van der Waals surface area contributed by atoms with E-state index in [4.69, 9.17) is 21.7 Å². The van der Waals surface area contributed by atoms with Gasteiger partial charge in [-0.05, 0) is 76.7 Å². The first-order chi connectivity index (χ1) is 13.7. The van der Waals surface area contributed by atoms with Crippen molar-refractivity contribution in [2.45, 2.75) is 52.7 Å². The molecule has 1 unspecified atom stereocenters. The monoisotopic (exact) mass is 412 g/mol. The van der Waals surface area contributed by atoms with Gasteiger partial charge in [0.15, 0.2) is 5.11 Å². The van der Waals surface area contributed by atoms with Crippen molar-refractivity contribution < 1.29 is 14.3 Å². The van der Waals surface area contributed by atoms with E-state index in [1.165, 1.54) is 5.56 Å². The van der Waals surface area contributed by atoms with Crippen LogP contribution in [0.15, 0.2) is 36.4 Å². The molecule has 0 spiro atoms. The molecule has 154 valence electrons. The molecule has 0 bridgehead atoms. The predicted octanol–water partition coefficient (Wildman–Crippen LogP) is 5.07. The van der Waals surface area contributed by atoms with Gasteiger partial charge in [-0.25, -0.2) is 4.79 Å². The van der Waals surface area contributed by atoms with Gasteiger partial charge in [0.25, 0.3) is 0 Å². The van der Waals surface area contributed by atoms with Crippen molar-refractivity contribution in [3.63, 3.8) is 0 Å². The first-order valence-corrected chi connectivity index (χ1v) is 10.2. The number of aryl methyl sites for hydroxylation is 2. The van der Waals surface area contributed by atoms with E-state index in [1.807, 2.05) is 19.1 Å². The zero-order valence-corrected chi connectivity index (χ0v) is 18.4. The molecule has 6 heteroatoms. The Morgan fingerprint density at radius 2 is 2.00 bits per heavy atom. The maximum atomic E-state index is 11.9. The molecule has 1 heterocycles. The molecular weight excluding hydrogens is 384 g/mol. The standard InChI is InChI=1S/C23H28N2O3S/c1-6-27-21(26)16-8-9-18(15(3)12-16)24-22(29)25-19-13-23(4,5)28-20-10-7-14(2)11-17(19)20/h7-12,19H,6,13H2,1-5H3,(H2,24,25,29). The van der Waals surface area contributed by atoms with E-state index in [0.29, 0.717) is 17.3 Å². The number of carbonyl (C=O) groups excluding carboxylic acids is 1. The highest BCUT2D eigenvalue weighted by Crippen LogP contribution is 2.39. The van der Waals surface area contributed by atoms with Crippen LogP contribution < -0.4 is 15.4 Å². The number of thiocarbonyl (C=S) groups is 1. The van der Waals surface area contributed by atoms with Gasteiger partial charge in [0, 0.05) is 17.7 Å². The molecule has 3 rings (SSSR count). The molecule has 1 aliphatic heterocycles. The Hall–Kier alpha value is -2.60. The summed E-state index contributed by atoms with van der Waals surface area (Å²) in [5, 5.41) is 7.23. The fourth-order valence-electron chi connectivity index (χ4n) is 3.56. The van der Waals surface area contributed by atoms with Gasteiger partial charge in [0.1, 0.15) is 11.4 Å². The Labute approximate surface area is 177 Å². The normalized spacial score (nSPS) is 16.9. The van der Waals surface area contributed by atoms with Crippen LogP contribution in [-0.4, -0.2) is 23.3 Å². The molecule has 29 heavy (non-hydrogen) atoms. The predicted molar refractivity (Wildman–Crippen MR) is 120 cm³/mol. The summed E-state index contributed by atoms with van der Waals surface area (Å²) in [5.41, 5.74) is 4.32. The minimum absolute atomic E-state index is 0.0489. The molecule has 5 nitrogen and oxygen atoms in total. The van der Waals surface area contributed by atoms with E-state index in [-0.39, 0.29) is 17.6 Å². The van der Waals surface area contributed by atoms with E-state index in [1.54, 1.807) is 19.1 Å². The van der Waals surface area contributed by atoms with Crippen molar-refractivity contribution >= 4 is 29.0 Å². The maximum Gasteiger partial charge on any atom is 0.338 e. The van der Waals surface area contributed by atoms with Gasteiger partial charge in [-0.3, -0.25) is 0 Å². The van der Waals surface area contributed by atoms with Crippen LogP contribution in [0.25, 0.3) is 0 Å². The number of esters is 1. The summed E-state index contributed by atoms with van der Waals surface area (Å²) in [5.74, 6) is 0.571. The number of fused-ring (bicyclic) bond motifs is 1. The van der Waals surface area contributed by atoms with Crippen molar-refractivity contribution in [1.82, 2.24) is 5.32 Å². The van der Waals surface area contributed by atoms with E-state index in [2.05, 4.69) is 43.5 Å². The Bertz CT molecular complexity index is 940. The maximum absolute atomic E-state index is 11.9. The summed E-state index contributed by atoms with van der Waals surface area (Å²) in [6, 6.07) is 11.7. The molecule has 0 fully saturated rings. The van der Waals surface area contributed by atoms with E-state index >= 15 is 0 Å². The summed E-state index contributed by atoms with van der Waals surface area (Å²) in [6.07, 6.45) is 0.798. The second-order valence-electron chi connectivity index (χ2n) is 8.01. The molecule has 2 aromatic rings. The third-order valence-corrected chi connectivity index (χ3v) is 5.13. The van der Waals surface area contributed by atoms with Crippen LogP contribution in [0, 0.1) is 13.8 Å². The second kappa shape index (κ2) is 8.41. The number of carbonyl (C=O) groups is 1. The second-order valence-corrected chi connectivity index (χ2v) is 8.42. The van der Waals surface area contributed by atoms with Crippen molar-refractivity contribution in [2.75, 3.05) is 11.9 Å². The quantitative estimate of drug-likeness (QED) is 0.540. The molecular formula is C23H28N2O3S. The summed E-state index contributed by atoms with van der Waals surface area (Å²) < 4.78 is 11.2. The highest BCUT2D eigenvalue weighted by Gasteiger charge is 2.34. The number of hydrogen-bond acceptors (Lipinski definition) is 4. The number of hydrogen-bond donors (Lipinski definition) is 2. The van der Waals surface area contributed by atoms with E-state index < -0.39 is 0 Å². The van der Waals surface area contributed by atoms with E-state index in [9.17, 15) is 4.79 Å². The lowest BCUT2D eigenvalue weighted by atomic mass is 9.89. The SMILES string of the molecule is CCOC(=O)c1ccc(NC(=S)NC2CC(C)(C)Oc3ccc(C)cc32)c(C)c1. The number of ether oxygens (including phenoxy) is 2. The van der Waals surface area contributed by atoms with E-state index in [0.717, 1.165) is 29.0 Å². The molecule has 1 atom stereocenters. The average Bonchev–Trinajstić information content (AvgIpc) is 2.63. The van der Waals surface area contributed by atoms with Crippen LogP contribution in [0.1, 0.15) is 60.3 Å². The Balaban J connectivity index is 1.74. The fraction of sp³-hybridized carbons (Fsp3) is 0.391. The van der Waals surface area contributed by atoms with Crippen molar-refractivity contribution in [3.05, 3.63) is 58.7 Å². The number of nitrogens with one attached hydrogen (secondary N) is 2. The summed E-state index contributed by atoms with van der Waals surface area (Å²) in [6.45, 7) is 10.3. The molecule has 0 amide bonds. The van der Waals surface area contributed by atoms with Gasteiger partial charge in [-0.1, -0.05) is 17.7 Å². The van der Waals surface area contributed by atoms with Crippen LogP contribution in [0.4, 0.5) is 5.69 Å². The molecule has 2 aromatic carbocycles. The fourth-order valence-corrected chi connectivity index (χ4v) is 3.82. The van der Waals surface area contributed by atoms with Gasteiger partial charge < -0.3 is 20.1 Å². The van der Waals surface area contributed by atoms with Crippen LogP contribution in [0.5, 0.6) is 5.75 Å². The van der Waals surface area contributed by atoms with Gasteiger partial charge in [0.05, 0.1) is 18.2 Å². The molecule has 0 aliphatic carbocycles. The highest BCUT2D eigenvalue weighted by atomic mass is 32.1. The van der Waals surface area contributed by atoms with Crippen molar-refractivity contribution in [1.29, 1.82) is 0 Å².